The third-order valence-electron chi connectivity index (χ3n) is 8.54. The fraction of sp³-hybridized carbons (Fsp3) is 0.864. The minimum atomic E-state index is -0.190. The van der Waals surface area contributed by atoms with Crippen LogP contribution in [0.5, 0.6) is 0 Å². The zero-order valence-corrected chi connectivity index (χ0v) is 16.3. The van der Waals surface area contributed by atoms with Crippen molar-refractivity contribution < 1.29 is 19.1 Å². The summed E-state index contributed by atoms with van der Waals surface area (Å²) in [6.07, 6.45) is 7.77. The molecule has 0 aromatic rings. The zero-order valence-electron chi connectivity index (χ0n) is 16.3. The number of rotatable bonds is 2. The standard InChI is InChI=1S/C22H32O4/c1-12(23)16-6-7-17-18-5-4-14-10-15(26-13(2)24)8-9-22(14,3)21(18)20(25)11-19(16)17/h14-19,21H,4-11H2,1-3H3/t14-,15-,16+,17-,18-,19-,21-,22-/m0/s1. The second-order valence-corrected chi connectivity index (χ2v) is 9.72. The summed E-state index contributed by atoms with van der Waals surface area (Å²) in [4.78, 5) is 36.6. The number of ether oxygens (including phenoxy) is 1. The lowest BCUT2D eigenvalue weighted by molar-refractivity contribution is -0.164. The quantitative estimate of drug-likeness (QED) is 0.700. The highest BCUT2D eigenvalue weighted by molar-refractivity contribution is 5.86. The van der Waals surface area contributed by atoms with Crippen LogP contribution >= 0.6 is 0 Å². The van der Waals surface area contributed by atoms with Crippen molar-refractivity contribution in [1.29, 1.82) is 0 Å². The predicted octanol–water partition coefficient (Wildman–Crippen LogP) is 3.95. The van der Waals surface area contributed by atoms with E-state index in [4.69, 9.17) is 4.74 Å². The Labute approximate surface area is 156 Å². The molecule has 0 spiro atoms. The number of fused-ring (bicyclic) bond motifs is 5. The monoisotopic (exact) mass is 360 g/mol. The first kappa shape index (κ1) is 18.2. The van der Waals surface area contributed by atoms with Crippen LogP contribution in [0.4, 0.5) is 0 Å². The highest BCUT2D eigenvalue weighted by Crippen LogP contribution is 2.63. The van der Waals surface area contributed by atoms with E-state index in [0.717, 1.165) is 44.9 Å². The summed E-state index contributed by atoms with van der Waals surface area (Å²) in [6, 6.07) is 0. The molecule has 0 amide bonds. The average molecular weight is 360 g/mol. The molecule has 0 aromatic heterocycles. The van der Waals surface area contributed by atoms with Crippen molar-refractivity contribution in [2.75, 3.05) is 0 Å². The van der Waals surface area contributed by atoms with Gasteiger partial charge in [-0.1, -0.05) is 6.92 Å². The predicted molar refractivity (Wildman–Crippen MR) is 97.2 cm³/mol. The minimum Gasteiger partial charge on any atom is -0.463 e. The van der Waals surface area contributed by atoms with Crippen LogP contribution in [-0.2, 0) is 19.1 Å². The first-order valence-corrected chi connectivity index (χ1v) is 10.5. The average Bonchev–Trinajstić information content (AvgIpc) is 2.98. The maximum atomic E-state index is 13.3. The van der Waals surface area contributed by atoms with Crippen LogP contribution in [0.1, 0.15) is 72.1 Å². The Bertz CT molecular complexity index is 626. The van der Waals surface area contributed by atoms with E-state index in [1.54, 1.807) is 6.92 Å². The molecule has 4 rings (SSSR count). The molecule has 0 heterocycles. The first-order chi connectivity index (χ1) is 12.3. The summed E-state index contributed by atoms with van der Waals surface area (Å²) < 4.78 is 5.50. The number of carbonyl (C=O) groups excluding carboxylic acids is 3. The van der Waals surface area contributed by atoms with Gasteiger partial charge in [0.25, 0.3) is 0 Å². The molecule has 0 aromatic carbocycles. The topological polar surface area (TPSA) is 60.4 Å². The van der Waals surface area contributed by atoms with Crippen LogP contribution in [-0.4, -0.2) is 23.6 Å². The van der Waals surface area contributed by atoms with Crippen molar-refractivity contribution in [3.63, 3.8) is 0 Å². The summed E-state index contributed by atoms with van der Waals surface area (Å²) in [5.41, 5.74) is 0.0515. The van der Waals surface area contributed by atoms with Gasteiger partial charge in [-0.3, -0.25) is 14.4 Å². The van der Waals surface area contributed by atoms with Gasteiger partial charge >= 0.3 is 5.97 Å². The van der Waals surface area contributed by atoms with Crippen molar-refractivity contribution in [2.45, 2.75) is 78.2 Å². The van der Waals surface area contributed by atoms with E-state index in [-0.39, 0.29) is 35.1 Å². The van der Waals surface area contributed by atoms with Crippen molar-refractivity contribution in [3.05, 3.63) is 0 Å². The molecule has 4 fully saturated rings. The minimum absolute atomic E-state index is 0.0298. The molecular weight excluding hydrogens is 328 g/mol. The number of ketones is 2. The number of esters is 1. The molecule has 0 N–H and O–H groups in total. The van der Waals surface area contributed by atoms with Crippen LogP contribution in [0.2, 0.25) is 0 Å². The molecule has 0 bridgehead atoms. The van der Waals surface area contributed by atoms with Gasteiger partial charge in [0, 0.05) is 25.2 Å². The van der Waals surface area contributed by atoms with Gasteiger partial charge < -0.3 is 4.74 Å². The Morgan fingerprint density at radius 2 is 1.73 bits per heavy atom. The van der Waals surface area contributed by atoms with E-state index in [1.165, 1.54) is 6.92 Å². The summed E-state index contributed by atoms with van der Waals surface area (Å²) in [6.45, 7) is 5.52. The number of hydrogen-bond acceptors (Lipinski definition) is 4. The van der Waals surface area contributed by atoms with Crippen LogP contribution in [0.25, 0.3) is 0 Å². The molecule has 4 heteroatoms. The van der Waals surface area contributed by atoms with Crippen molar-refractivity contribution in [2.24, 2.45) is 40.9 Å². The highest BCUT2D eigenvalue weighted by atomic mass is 16.5. The van der Waals surface area contributed by atoms with E-state index in [9.17, 15) is 14.4 Å². The van der Waals surface area contributed by atoms with Gasteiger partial charge in [-0.05, 0) is 81.0 Å². The molecule has 0 saturated heterocycles. The Kier molecular flexibility index (Phi) is 4.51. The highest BCUT2D eigenvalue weighted by Gasteiger charge is 2.60. The normalized spacial score (nSPS) is 47.5. The fourth-order valence-electron chi connectivity index (χ4n) is 7.48. The second-order valence-electron chi connectivity index (χ2n) is 9.72. The van der Waals surface area contributed by atoms with Crippen LogP contribution in [0.15, 0.2) is 0 Å². The van der Waals surface area contributed by atoms with Crippen molar-refractivity contribution >= 4 is 17.5 Å². The molecule has 4 saturated carbocycles. The van der Waals surface area contributed by atoms with Gasteiger partial charge in [-0.2, -0.15) is 0 Å². The third kappa shape index (κ3) is 2.75. The van der Waals surface area contributed by atoms with E-state index in [1.807, 2.05) is 0 Å². The molecule has 4 nitrogen and oxygen atoms in total. The summed E-state index contributed by atoms with van der Waals surface area (Å²) in [5.74, 6) is 2.61. The largest absolute Gasteiger partial charge is 0.463 e. The van der Waals surface area contributed by atoms with E-state index in [0.29, 0.717) is 35.9 Å². The molecule has 0 radical (unpaired) electrons. The molecule has 144 valence electrons. The lowest BCUT2D eigenvalue weighted by Gasteiger charge is -2.58. The molecule has 4 aliphatic rings. The van der Waals surface area contributed by atoms with Crippen LogP contribution in [0, 0.1) is 40.9 Å². The van der Waals surface area contributed by atoms with Gasteiger partial charge in [0.15, 0.2) is 0 Å². The van der Waals surface area contributed by atoms with Gasteiger partial charge in [0.1, 0.15) is 17.7 Å². The molecule has 0 unspecified atom stereocenters. The van der Waals surface area contributed by atoms with Crippen LogP contribution < -0.4 is 0 Å². The maximum absolute atomic E-state index is 13.3. The Morgan fingerprint density at radius 3 is 2.42 bits per heavy atom. The third-order valence-corrected chi connectivity index (χ3v) is 8.54. The van der Waals surface area contributed by atoms with Crippen LogP contribution in [0.3, 0.4) is 0 Å². The number of hydrogen-bond donors (Lipinski definition) is 0. The maximum Gasteiger partial charge on any atom is 0.302 e. The second kappa shape index (κ2) is 6.45. The van der Waals surface area contributed by atoms with E-state index in [2.05, 4.69) is 6.92 Å². The SMILES string of the molecule is CC(=O)O[C@H]1CC[C@@]2(C)[C@@H](CC[C@H]3[C@@H]4CC[C@H](C(C)=O)[C@@H]4CC(=O)[C@H]32)C1. The molecule has 26 heavy (non-hydrogen) atoms. The molecule has 4 aliphatic carbocycles. The summed E-state index contributed by atoms with van der Waals surface area (Å²) in [5, 5.41) is 0. The summed E-state index contributed by atoms with van der Waals surface area (Å²) >= 11 is 0. The summed E-state index contributed by atoms with van der Waals surface area (Å²) in [7, 11) is 0. The number of carbonyl (C=O) groups is 3. The lowest BCUT2D eigenvalue weighted by atomic mass is 9.46. The van der Waals surface area contributed by atoms with Gasteiger partial charge in [-0.15, -0.1) is 0 Å². The Morgan fingerprint density at radius 1 is 1.00 bits per heavy atom. The lowest BCUT2D eigenvalue weighted by Crippen LogP contribution is -2.55. The van der Waals surface area contributed by atoms with Gasteiger partial charge in [-0.25, -0.2) is 0 Å². The van der Waals surface area contributed by atoms with Crippen molar-refractivity contribution in [3.8, 4) is 0 Å². The van der Waals surface area contributed by atoms with Crippen molar-refractivity contribution in [1.82, 2.24) is 0 Å². The molecule has 0 aliphatic heterocycles. The molecule has 8 atom stereocenters. The van der Waals surface area contributed by atoms with Gasteiger partial charge in [0.2, 0.25) is 0 Å². The van der Waals surface area contributed by atoms with Gasteiger partial charge in [0.05, 0.1) is 0 Å². The first-order valence-electron chi connectivity index (χ1n) is 10.5. The van der Waals surface area contributed by atoms with E-state index >= 15 is 0 Å². The smallest absolute Gasteiger partial charge is 0.302 e. The Hall–Kier alpha value is -1.19. The Balaban J connectivity index is 1.56. The fourth-order valence-corrected chi connectivity index (χ4v) is 7.48. The molecular formula is C22H32O4. The van der Waals surface area contributed by atoms with E-state index < -0.39 is 0 Å². The zero-order chi connectivity index (χ0) is 18.6. The number of Topliss-reactive ketones (excluding diaryl/α,β-unsaturated/α-hetero) is 2.